The Morgan fingerprint density at radius 3 is 3.19 bits per heavy atom. The van der Waals surface area contributed by atoms with E-state index in [1.54, 1.807) is 18.0 Å². The summed E-state index contributed by atoms with van der Waals surface area (Å²) in [6, 6.07) is 0. The van der Waals surface area contributed by atoms with Crippen molar-refractivity contribution in [2.75, 3.05) is 32.1 Å². The van der Waals surface area contributed by atoms with E-state index in [-0.39, 0.29) is 11.8 Å². The summed E-state index contributed by atoms with van der Waals surface area (Å²) in [5, 5.41) is 10.0. The Balaban J connectivity index is 1.84. The summed E-state index contributed by atoms with van der Waals surface area (Å²) in [5.41, 5.74) is 0.744. The van der Waals surface area contributed by atoms with E-state index in [1.165, 1.54) is 0 Å². The number of hydrogen-bond acceptors (Lipinski definition) is 4. The van der Waals surface area contributed by atoms with Crippen LogP contribution in [0.3, 0.4) is 0 Å². The van der Waals surface area contributed by atoms with Crippen molar-refractivity contribution in [2.24, 2.45) is 5.92 Å². The van der Waals surface area contributed by atoms with Gasteiger partial charge in [0.1, 0.15) is 0 Å². The maximum atomic E-state index is 11.6. The van der Waals surface area contributed by atoms with Crippen molar-refractivity contribution in [3.8, 4) is 0 Å². The Bertz CT molecular complexity index is 359. The molecule has 1 aliphatic heterocycles. The van der Waals surface area contributed by atoms with Gasteiger partial charge in [0.2, 0.25) is 5.91 Å². The molecule has 88 valence electrons. The molecule has 16 heavy (non-hydrogen) atoms. The summed E-state index contributed by atoms with van der Waals surface area (Å²) in [5.74, 6) is 0.160. The van der Waals surface area contributed by atoms with Crippen molar-refractivity contribution in [1.29, 1.82) is 0 Å². The molecular weight excluding hydrogens is 208 g/mol. The highest BCUT2D eigenvalue weighted by atomic mass is 16.5. The Morgan fingerprint density at radius 1 is 1.75 bits per heavy atom. The van der Waals surface area contributed by atoms with Gasteiger partial charge in [0.25, 0.3) is 0 Å². The Hall–Kier alpha value is -1.40. The SMILES string of the molecule is COCCn1cc(NC(=O)C2CNC2)cn1. The molecule has 0 aromatic carbocycles. The standard InChI is InChI=1S/C10H16N4O2/c1-16-3-2-14-7-9(6-12-14)13-10(15)8-4-11-5-8/h6-8,11H,2-5H2,1H3,(H,13,15). The highest BCUT2D eigenvalue weighted by Crippen LogP contribution is 2.09. The molecule has 2 heterocycles. The molecule has 0 aliphatic carbocycles. The van der Waals surface area contributed by atoms with E-state index in [4.69, 9.17) is 4.74 Å². The second-order valence-corrected chi connectivity index (χ2v) is 3.83. The Kier molecular flexibility index (Phi) is 3.53. The van der Waals surface area contributed by atoms with E-state index in [1.807, 2.05) is 6.20 Å². The zero-order chi connectivity index (χ0) is 11.4. The maximum absolute atomic E-state index is 11.6. The number of carbonyl (C=O) groups excluding carboxylic acids is 1. The normalized spacial score (nSPS) is 15.8. The molecule has 1 amide bonds. The lowest BCUT2D eigenvalue weighted by Crippen LogP contribution is -2.48. The summed E-state index contributed by atoms with van der Waals surface area (Å²) in [6.45, 7) is 2.84. The fourth-order valence-electron chi connectivity index (χ4n) is 1.45. The smallest absolute Gasteiger partial charge is 0.230 e. The summed E-state index contributed by atoms with van der Waals surface area (Å²) in [6.07, 6.45) is 3.46. The summed E-state index contributed by atoms with van der Waals surface area (Å²) in [7, 11) is 1.65. The number of anilines is 1. The van der Waals surface area contributed by atoms with Gasteiger partial charge >= 0.3 is 0 Å². The lowest BCUT2D eigenvalue weighted by molar-refractivity contribution is -0.121. The number of amides is 1. The molecule has 1 aromatic rings. The number of nitrogens with zero attached hydrogens (tertiary/aromatic N) is 2. The van der Waals surface area contributed by atoms with Gasteiger partial charge in [0.15, 0.2) is 0 Å². The zero-order valence-corrected chi connectivity index (χ0v) is 9.27. The Morgan fingerprint density at radius 2 is 2.56 bits per heavy atom. The van der Waals surface area contributed by atoms with E-state index in [9.17, 15) is 4.79 Å². The van der Waals surface area contributed by atoms with E-state index in [0.717, 1.165) is 18.8 Å². The molecule has 1 saturated heterocycles. The zero-order valence-electron chi connectivity index (χ0n) is 9.27. The molecule has 2 N–H and O–H groups in total. The van der Waals surface area contributed by atoms with Crippen molar-refractivity contribution in [2.45, 2.75) is 6.54 Å². The molecule has 0 bridgehead atoms. The molecule has 2 rings (SSSR count). The van der Waals surface area contributed by atoms with Crippen molar-refractivity contribution in [3.05, 3.63) is 12.4 Å². The predicted octanol–water partition coefficient (Wildman–Crippen LogP) is -0.313. The topological polar surface area (TPSA) is 68.2 Å². The van der Waals surface area contributed by atoms with Crippen LogP contribution < -0.4 is 10.6 Å². The number of aromatic nitrogens is 2. The first-order valence-corrected chi connectivity index (χ1v) is 5.32. The van der Waals surface area contributed by atoms with Gasteiger partial charge in [-0.3, -0.25) is 9.48 Å². The molecule has 0 unspecified atom stereocenters. The van der Waals surface area contributed by atoms with Gasteiger partial charge in [-0.1, -0.05) is 0 Å². The van der Waals surface area contributed by atoms with Crippen molar-refractivity contribution < 1.29 is 9.53 Å². The fourth-order valence-corrected chi connectivity index (χ4v) is 1.45. The van der Waals surface area contributed by atoms with Crippen molar-refractivity contribution in [3.63, 3.8) is 0 Å². The molecule has 0 atom stereocenters. The highest BCUT2D eigenvalue weighted by molar-refractivity contribution is 5.93. The van der Waals surface area contributed by atoms with Crippen molar-refractivity contribution >= 4 is 11.6 Å². The first-order chi connectivity index (χ1) is 7.79. The van der Waals surface area contributed by atoms with E-state index in [2.05, 4.69) is 15.7 Å². The summed E-state index contributed by atoms with van der Waals surface area (Å²) < 4.78 is 6.69. The quantitative estimate of drug-likeness (QED) is 0.719. The van der Waals surface area contributed by atoms with Gasteiger partial charge in [-0.25, -0.2) is 0 Å². The average molecular weight is 224 g/mol. The minimum Gasteiger partial charge on any atom is -0.383 e. The van der Waals surface area contributed by atoms with Crippen LogP contribution in [0.2, 0.25) is 0 Å². The van der Waals surface area contributed by atoms with Crippen LogP contribution in [0.5, 0.6) is 0 Å². The second kappa shape index (κ2) is 5.09. The highest BCUT2D eigenvalue weighted by Gasteiger charge is 2.24. The van der Waals surface area contributed by atoms with Crippen LogP contribution in [0.25, 0.3) is 0 Å². The third-order valence-corrected chi connectivity index (χ3v) is 2.58. The van der Waals surface area contributed by atoms with Crippen LogP contribution in [0, 0.1) is 5.92 Å². The minimum absolute atomic E-state index is 0.0602. The summed E-state index contributed by atoms with van der Waals surface area (Å²) >= 11 is 0. The largest absolute Gasteiger partial charge is 0.383 e. The average Bonchev–Trinajstić information content (AvgIpc) is 2.59. The predicted molar refractivity (Wildman–Crippen MR) is 59.1 cm³/mol. The third kappa shape index (κ3) is 2.59. The number of nitrogens with one attached hydrogen (secondary N) is 2. The van der Waals surface area contributed by atoms with Gasteiger partial charge < -0.3 is 15.4 Å². The van der Waals surface area contributed by atoms with Gasteiger partial charge in [-0.05, 0) is 0 Å². The first-order valence-electron chi connectivity index (χ1n) is 5.32. The lowest BCUT2D eigenvalue weighted by atomic mass is 10.0. The van der Waals surface area contributed by atoms with E-state index < -0.39 is 0 Å². The van der Waals surface area contributed by atoms with Gasteiger partial charge in [0.05, 0.1) is 31.0 Å². The van der Waals surface area contributed by atoms with Gasteiger partial charge in [-0.2, -0.15) is 5.10 Å². The van der Waals surface area contributed by atoms with E-state index in [0.29, 0.717) is 13.2 Å². The molecule has 1 aromatic heterocycles. The maximum Gasteiger partial charge on any atom is 0.230 e. The van der Waals surface area contributed by atoms with Crippen LogP contribution in [-0.4, -0.2) is 42.5 Å². The summed E-state index contributed by atoms with van der Waals surface area (Å²) in [4.78, 5) is 11.6. The van der Waals surface area contributed by atoms with Crippen LogP contribution in [0.15, 0.2) is 12.4 Å². The number of ether oxygens (including phenoxy) is 1. The van der Waals surface area contributed by atoms with Gasteiger partial charge in [-0.15, -0.1) is 0 Å². The number of hydrogen-bond donors (Lipinski definition) is 2. The molecule has 1 fully saturated rings. The molecule has 0 saturated carbocycles. The Labute approximate surface area is 94.0 Å². The van der Waals surface area contributed by atoms with Crippen LogP contribution in [0.1, 0.15) is 0 Å². The molecular formula is C10H16N4O2. The number of rotatable bonds is 5. The molecule has 6 nitrogen and oxygen atoms in total. The van der Waals surface area contributed by atoms with Crippen LogP contribution >= 0.6 is 0 Å². The minimum atomic E-state index is 0.0602. The monoisotopic (exact) mass is 224 g/mol. The molecule has 1 aliphatic rings. The molecule has 6 heteroatoms. The van der Waals surface area contributed by atoms with Gasteiger partial charge in [0, 0.05) is 26.4 Å². The lowest BCUT2D eigenvalue weighted by Gasteiger charge is -2.25. The van der Waals surface area contributed by atoms with Crippen molar-refractivity contribution in [1.82, 2.24) is 15.1 Å². The number of carbonyl (C=O) groups is 1. The third-order valence-electron chi connectivity index (χ3n) is 2.58. The second-order valence-electron chi connectivity index (χ2n) is 3.83. The molecule has 0 spiro atoms. The molecule has 0 radical (unpaired) electrons. The van der Waals surface area contributed by atoms with E-state index >= 15 is 0 Å². The number of methoxy groups -OCH3 is 1. The van der Waals surface area contributed by atoms with Crippen LogP contribution in [-0.2, 0) is 16.1 Å². The fraction of sp³-hybridized carbons (Fsp3) is 0.600. The van der Waals surface area contributed by atoms with Crippen LogP contribution in [0.4, 0.5) is 5.69 Å². The first kappa shape index (κ1) is 11.1.